The first-order valence-corrected chi connectivity index (χ1v) is 7.38. The van der Waals surface area contributed by atoms with E-state index in [0.29, 0.717) is 16.7 Å². The van der Waals surface area contributed by atoms with Crippen molar-refractivity contribution >= 4 is 11.8 Å². The summed E-state index contributed by atoms with van der Waals surface area (Å²) in [7, 11) is 0. The van der Waals surface area contributed by atoms with Gasteiger partial charge in [0.05, 0.1) is 0 Å². The molecule has 17 heavy (non-hydrogen) atoms. The van der Waals surface area contributed by atoms with Gasteiger partial charge in [-0.15, -0.1) is 0 Å². The highest BCUT2D eigenvalue weighted by atomic mass is 32.2. The van der Waals surface area contributed by atoms with Crippen molar-refractivity contribution in [2.24, 2.45) is 5.41 Å². The summed E-state index contributed by atoms with van der Waals surface area (Å²) >= 11 is 1.89. The zero-order valence-corrected chi connectivity index (χ0v) is 11.8. The standard InChI is InChI=1S/C13H23N3S/c1-4-14-10-5-6-13(2,3)9-11(10)17-12-15-7-8-16-12/h7-8,10-11,14H,4-6,9H2,1-3H3,(H,15,16). The molecule has 1 heterocycles. The Bertz CT molecular complexity index is 334. The van der Waals surface area contributed by atoms with Gasteiger partial charge in [0, 0.05) is 23.7 Å². The minimum absolute atomic E-state index is 0.468. The van der Waals surface area contributed by atoms with Crippen LogP contribution in [0.1, 0.15) is 40.0 Å². The van der Waals surface area contributed by atoms with E-state index in [1.807, 2.05) is 24.2 Å². The summed E-state index contributed by atoms with van der Waals surface area (Å²) in [6, 6.07) is 0.628. The van der Waals surface area contributed by atoms with Gasteiger partial charge < -0.3 is 10.3 Å². The van der Waals surface area contributed by atoms with E-state index < -0.39 is 0 Å². The molecular formula is C13H23N3S. The van der Waals surface area contributed by atoms with Crippen molar-refractivity contribution in [3.63, 3.8) is 0 Å². The molecule has 0 radical (unpaired) electrons. The van der Waals surface area contributed by atoms with Crippen LogP contribution in [0.5, 0.6) is 0 Å². The van der Waals surface area contributed by atoms with E-state index in [0.717, 1.165) is 11.7 Å². The quantitative estimate of drug-likeness (QED) is 0.866. The summed E-state index contributed by atoms with van der Waals surface area (Å²) in [4.78, 5) is 7.53. The molecule has 2 unspecified atom stereocenters. The van der Waals surface area contributed by atoms with Crippen LogP contribution in [-0.2, 0) is 0 Å². The third-order valence-electron chi connectivity index (χ3n) is 3.54. The second-order valence-electron chi connectivity index (χ2n) is 5.62. The van der Waals surface area contributed by atoms with E-state index in [2.05, 4.69) is 36.1 Å². The molecule has 1 aliphatic rings. The van der Waals surface area contributed by atoms with Gasteiger partial charge in [-0.3, -0.25) is 0 Å². The molecule has 0 saturated heterocycles. The van der Waals surface area contributed by atoms with Gasteiger partial charge in [0.1, 0.15) is 0 Å². The fourth-order valence-corrected chi connectivity index (χ4v) is 4.07. The van der Waals surface area contributed by atoms with Crippen LogP contribution >= 0.6 is 11.8 Å². The highest BCUT2D eigenvalue weighted by molar-refractivity contribution is 7.99. The van der Waals surface area contributed by atoms with Gasteiger partial charge in [-0.25, -0.2) is 4.98 Å². The van der Waals surface area contributed by atoms with Crippen LogP contribution < -0.4 is 5.32 Å². The zero-order valence-electron chi connectivity index (χ0n) is 11.0. The van der Waals surface area contributed by atoms with Crippen molar-refractivity contribution in [1.29, 1.82) is 0 Å². The zero-order chi connectivity index (χ0) is 12.3. The molecule has 0 amide bonds. The van der Waals surface area contributed by atoms with Crippen LogP contribution in [-0.4, -0.2) is 27.8 Å². The lowest BCUT2D eigenvalue weighted by Gasteiger charge is -2.40. The number of imidazole rings is 1. The van der Waals surface area contributed by atoms with Crippen molar-refractivity contribution in [3.8, 4) is 0 Å². The molecule has 0 aromatic carbocycles. The summed E-state index contributed by atoms with van der Waals surface area (Å²) in [5.41, 5.74) is 0.468. The SMILES string of the molecule is CCNC1CCC(C)(C)CC1Sc1ncc[nH]1. The summed E-state index contributed by atoms with van der Waals surface area (Å²) in [5.74, 6) is 0. The molecule has 3 nitrogen and oxygen atoms in total. The Morgan fingerprint density at radius 1 is 1.59 bits per heavy atom. The van der Waals surface area contributed by atoms with Gasteiger partial charge in [0.15, 0.2) is 5.16 Å². The minimum Gasteiger partial charge on any atom is -0.340 e. The molecule has 1 fully saturated rings. The van der Waals surface area contributed by atoms with E-state index in [1.165, 1.54) is 19.3 Å². The summed E-state index contributed by atoms with van der Waals surface area (Å²) in [6.07, 6.45) is 7.59. The number of hydrogen-bond acceptors (Lipinski definition) is 3. The number of H-pyrrole nitrogens is 1. The fourth-order valence-electron chi connectivity index (χ4n) is 2.60. The van der Waals surface area contributed by atoms with Crippen molar-refractivity contribution in [3.05, 3.63) is 12.4 Å². The Balaban J connectivity index is 2.02. The molecule has 0 aliphatic heterocycles. The van der Waals surface area contributed by atoms with Crippen LogP contribution in [0.25, 0.3) is 0 Å². The molecule has 1 aliphatic carbocycles. The molecule has 2 atom stereocenters. The van der Waals surface area contributed by atoms with E-state index >= 15 is 0 Å². The predicted octanol–water partition coefficient (Wildman–Crippen LogP) is 3.06. The topological polar surface area (TPSA) is 40.7 Å². The average molecular weight is 253 g/mol. The Morgan fingerprint density at radius 2 is 2.41 bits per heavy atom. The lowest BCUT2D eigenvalue weighted by Crippen LogP contribution is -2.44. The van der Waals surface area contributed by atoms with Gasteiger partial charge in [-0.05, 0) is 31.2 Å². The van der Waals surface area contributed by atoms with E-state index in [4.69, 9.17) is 0 Å². The maximum atomic E-state index is 4.33. The van der Waals surface area contributed by atoms with Gasteiger partial charge in [-0.1, -0.05) is 32.5 Å². The molecule has 2 N–H and O–H groups in total. The molecule has 2 rings (SSSR count). The summed E-state index contributed by atoms with van der Waals surface area (Å²) in [5, 5.41) is 5.30. The lowest BCUT2D eigenvalue weighted by atomic mass is 9.75. The number of aromatic nitrogens is 2. The van der Waals surface area contributed by atoms with Crippen molar-refractivity contribution in [2.45, 2.75) is 56.5 Å². The summed E-state index contributed by atoms with van der Waals surface area (Å²) < 4.78 is 0. The number of nitrogens with one attached hydrogen (secondary N) is 2. The number of aromatic amines is 1. The lowest BCUT2D eigenvalue weighted by molar-refractivity contribution is 0.215. The third-order valence-corrected chi connectivity index (χ3v) is 4.78. The highest BCUT2D eigenvalue weighted by Crippen LogP contribution is 2.41. The van der Waals surface area contributed by atoms with Crippen molar-refractivity contribution < 1.29 is 0 Å². The molecule has 1 aromatic rings. The van der Waals surface area contributed by atoms with E-state index in [9.17, 15) is 0 Å². The molecule has 1 aromatic heterocycles. The molecule has 1 saturated carbocycles. The van der Waals surface area contributed by atoms with Gasteiger partial charge in [0.2, 0.25) is 0 Å². The first kappa shape index (κ1) is 13.0. The Labute approximate surface area is 108 Å². The van der Waals surface area contributed by atoms with Crippen LogP contribution in [0.3, 0.4) is 0 Å². The monoisotopic (exact) mass is 253 g/mol. The van der Waals surface area contributed by atoms with Crippen LogP contribution in [0.2, 0.25) is 0 Å². The van der Waals surface area contributed by atoms with E-state index in [-0.39, 0.29) is 0 Å². The minimum atomic E-state index is 0.468. The molecule has 4 heteroatoms. The summed E-state index contributed by atoms with van der Waals surface area (Å²) in [6.45, 7) is 8.00. The normalized spacial score (nSPS) is 28.2. The second-order valence-corrected chi connectivity index (χ2v) is 6.85. The van der Waals surface area contributed by atoms with Gasteiger partial charge >= 0.3 is 0 Å². The molecular weight excluding hydrogens is 230 g/mol. The predicted molar refractivity (Wildman–Crippen MR) is 73.3 cm³/mol. The van der Waals surface area contributed by atoms with Crippen molar-refractivity contribution in [1.82, 2.24) is 15.3 Å². The van der Waals surface area contributed by atoms with Gasteiger partial charge in [-0.2, -0.15) is 0 Å². The average Bonchev–Trinajstić information content (AvgIpc) is 2.74. The Kier molecular flexibility index (Phi) is 4.15. The smallest absolute Gasteiger partial charge is 0.165 e. The first-order valence-electron chi connectivity index (χ1n) is 6.50. The van der Waals surface area contributed by atoms with Crippen LogP contribution in [0.15, 0.2) is 17.6 Å². The maximum absolute atomic E-state index is 4.33. The molecule has 0 bridgehead atoms. The largest absolute Gasteiger partial charge is 0.340 e. The second kappa shape index (κ2) is 5.44. The highest BCUT2D eigenvalue weighted by Gasteiger charge is 2.35. The number of hydrogen-bond donors (Lipinski definition) is 2. The first-order chi connectivity index (χ1) is 8.11. The number of thioether (sulfide) groups is 1. The van der Waals surface area contributed by atoms with Crippen LogP contribution in [0.4, 0.5) is 0 Å². The third kappa shape index (κ3) is 3.49. The maximum Gasteiger partial charge on any atom is 0.165 e. The van der Waals surface area contributed by atoms with Crippen LogP contribution in [0, 0.1) is 5.41 Å². The number of rotatable bonds is 4. The fraction of sp³-hybridized carbons (Fsp3) is 0.769. The van der Waals surface area contributed by atoms with Crippen molar-refractivity contribution in [2.75, 3.05) is 6.54 Å². The Hall–Kier alpha value is -0.480. The molecule has 96 valence electrons. The molecule has 0 spiro atoms. The van der Waals surface area contributed by atoms with Gasteiger partial charge in [0.25, 0.3) is 0 Å². The Morgan fingerprint density at radius 3 is 3.06 bits per heavy atom. The number of nitrogens with zero attached hydrogens (tertiary/aromatic N) is 1. The van der Waals surface area contributed by atoms with E-state index in [1.54, 1.807) is 0 Å².